The van der Waals surface area contributed by atoms with Gasteiger partial charge in [0.15, 0.2) is 0 Å². The maximum absolute atomic E-state index is 12.4. The van der Waals surface area contributed by atoms with Crippen LogP contribution >= 0.6 is 11.3 Å². The van der Waals surface area contributed by atoms with E-state index in [9.17, 15) is 13.2 Å². The molecule has 0 saturated heterocycles. The normalized spacial score (nSPS) is 11.6. The van der Waals surface area contributed by atoms with Crippen LogP contribution in [0.2, 0.25) is 0 Å². The molecule has 0 aliphatic rings. The van der Waals surface area contributed by atoms with Crippen LogP contribution in [0.15, 0.2) is 64.2 Å². The molecule has 26 heavy (non-hydrogen) atoms. The summed E-state index contributed by atoms with van der Waals surface area (Å²) >= 11 is 1.58. The Morgan fingerprint density at radius 1 is 1.12 bits per heavy atom. The summed E-state index contributed by atoms with van der Waals surface area (Å²) in [5.74, 6) is -0.0996. The van der Waals surface area contributed by atoms with E-state index in [2.05, 4.69) is 4.72 Å². The van der Waals surface area contributed by atoms with Gasteiger partial charge in [0.2, 0.25) is 15.9 Å². The van der Waals surface area contributed by atoms with Crippen molar-refractivity contribution in [3.8, 4) is 0 Å². The predicted octanol–water partition coefficient (Wildman–Crippen LogP) is 3.23. The van der Waals surface area contributed by atoms with Gasteiger partial charge in [-0.3, -0.25) is 4.79 Å². The van der Waals surface area contributed by atoms with Crippen LogP contribution in [0.4, 0.5) is 0 Å². The number of rotatable bonds is 7. The van der Waals surface area contributed by atoms with Gasteiger partial charge in [-0.25, -0.2) is 13.1 Å². The first-order valence-corrected chi connectivity index (χ1v) is 10.6. The van der Waals surface area contributed by atoms with Crippen molar-refractivity contribution >= 4 is 38.0 Å². The molecule has 0 spiro atoms. The molecule has 0 aliphatic carbocycles. The third kappa shape index (κ3) is 4.49. The predicted molar refractivity (Wildman–Crippen MR) is 105 cm³/mol. The van der Waals surface area contributed by atoms with Gasteiger partial charge in [0, 0.05) is 26.6 Å². The molecule has 3 aromatic rings. The maximum atomic E-state index is 12.4. The first kappa shape index (κ1) is 18.6. The van der Waals surface area contributed by atoms with Gasteiger partial charge in [0.25, 0.3) is 0 Å². The van der Waals surface area contributed by atoms with E-state index in [4.69, 9.17) is 0 Å². The summed E-state index contributed by atoms with van der Waals surface area (Å²) in [5, 5.41) is 5.80. The zero-order chi connectivity index (χ0) is 18.6. The maximum Gasteiger partial charge on any atom is 0.240 e. The standard InChI is InChI=1S/C19H20N2O3S2/c1-21(13-15-9-11-25-14-15)19(22)8-10-20-26(23,24)18-7-6-16-4-2-3-5-17(16)12-18/h2-7,9,11-12,14,20H,8,10,13H2,1H3. The van der Waals surface area contributed by atoms with Crippen LogP contribution < -0.4 is 4.72 Å². The molecule has 2 aromatic carbocycles. The van der Waals surface area contributed by atoms with Crippen LogP contribution in [0, 0.1) is 0 Å². The van der Waals surface area contributed by atoms with Gasteiger partial charge >= 0.3 is 0 Å². The van der Waals surface area contributed by atoms with E-state index in [1.807, 2.05) is 41.1 Å². The van der Waals surface area contributed by atoms with Crippen LogP contribution in [0.1, 0.15) is 12.0 Å². The van der Waals surface area contributed by atoms with Gasteiger partial charge in [-0.05, 0) is 45.3 Å². The van der Waals surface area contributed by atoms with Crippen LogP contribution in [-0.4, -0.2) is 32.8 Å². The third-order valence-electron chi connectivity index (χ3n) is 4.09. The first-order chi connectivity index (χ1) is 12.5. The molecule has 7 heteroatoms. The van der Waals surface area contributed by atoms with Gasteiger partial charge in [-0.2, -0.15) is 11.3 Å². The highest BCUT2D eigenvalue weighted by Crippen LogP contribution is 2.18. The Kier molecular flexibility index (Phi) is 5.70. The third-order valence-corrected chi connectivity index (χ3v) is 6.28. The molecule has 3 rings (SSSR count). The van der Waals surface area contributed by atoms with Gasteiger partial charge in [0.05, 0.1) is 4.90 Å². The number of hydrogen-bond acceptors (Lipinski definition) is 4. The van der Waals surface area contributed by atoms with Gasteiger partial charge in [-0.15, -0.1) is 0 Å². The number of sulfonamides is 1. The lowest BCUT2D eigenvalue weighted by Crippen LogP contribution is -2.31. The quantitative estimate of drug-likeness (QED) is 0.676. The van der Waals surface area contributed by atoms with Crippen molar-refractivity contribution in [2.75, 3.05) is 13.6 Å². The zero-order valence-electron chi connectivity index (χ0n) is 14.4. The molecule has 0 atom stereocenters. The summed E-state index contributed by atoms with van der Waals surface area (Å²) in [5.41, 5.74) is 1.07. The number of hydrogen-bond donors (Lipinski definition) is 1. The summed E-state index contributed by atoms with van der Waals surface area (Å²) in [6.45, 7) is 0.599. The Hall–Kier alpha value is -2.22. The van der Waals surface area contributed by atoms with Crippen molar-refractivity contribution in [3.05, 3.63) is 64.9 Å². The number of benzene rings is 2. The molecular formula is C19H20N2O3S2. The number of carbonyl (C=O) groups is 1. The highest BCUT2D eigenvalue weighted by atomic mass is 32.2. The molecule has 1 aromatic heterocycles. The Labute approximate surface area is 157 Å². The lowest BCUT2D eigenvalue weighted by Gasteiger charge is -2.16. The lowest BCUT2D eigenvalue weighted by molar-refractivity contribution is -0.130. The molecule has 0 saturated carbocycles. The van der Waals surface area contributed by atoms with Crippen molar-refractivity contribution in [3.63, 3.8) is 0 Å². The van der Waals surface area contributed by atoms with E-state index >= 15 is 0 Å². The first-order valence-electron chi connectivity index (χ1n) is 8.19. The van der Waals surface area contributed by atoms with E-state index in [0.717, 1.165) is 16.3 Å². The lowest BCUT2D eigenvalue weighted by atomic mass is 10.1. The Morgan fingerprint density at radius 3 is 2.62 bits per heavy atom. The van der Waals surface area contributed by atoms with Crippen molar-refractivity contribution in [2.24, 2.45) is 0 Å². The Morgan fingerprint density at radius 2 is 1.88 bits per heavy atom. The minimum Gasteiger partial charge on any atom is -0.341 e. The molecule has 0 unspecified atom stereocenters. The van der Waals surface area contributed by atoms with Gasteiger partial charge in [0.1, 0.15) is 0 Å². The zero-order valence-corrected chi connectivity index (χ0v) is 16.0. The van der Waals surface area contributed by atoms with Crippen molar-refractivity contribution in [1.82, 2.24) is 9.62 Å². The minimum absolute atomic E-state index is 0.0714. The van der Waals surface area contributed by atoms with Crippen LogP contribution in [0.5, 0.6) is 0 Å². The van der Waals surface area contributed by atoms with E-state index in [1.54, 1.807) is 41.5 Å². The highest BCUT2D eigenvalue weighted by Gasteiger charge is 2.16. The number of nitrogens with one attached hydrogen (secondary N) is 1. The fraction of sp³-hybridized carbons (Fsp3) is 0.211. The average molecular weight is 389 g/mol. The number of thiophene rings is 1. The molecule has 0 radical (unpaired) electrons. The molecule has 0 aliphatic heterocycles. The summed E-state index contributed by atoms with van der Waals surface area (Å²) < 4.78 is 27.4. The summed E-state index contributed by atoms with van der Waals surface area (Å²) in [7, 11) is -1.92. The van der Waals surface area contributed by atoms with Crippen molar-refractivity contribution in [2.45, 2.75) is 17.9 Å². The Bertz CT molecular complexity index is 999. The smallest absolute Gasteiger partial charge is 0.240 e. The summed E-state index contributed by atoms with van der Waals surface area (Å²) in [6.07, 6.45) is 0.119. The Balaban J connectivity index is 1.58. The molecule has 0 bridgehead atoms. The van der Waals surface area contributed by atoms with Crippen LogP contribution in [0.25, 0.3) is 10.8 Å². The van der Waals surface area contributed by atoms with Crippen LogP contribution in [-0.2, 0) is 21.4 Å². The van der Waals surface area contributed by atoms with E-state index in [0.29, 0.717) is 6.54 Å². The molecule has 5 nitrogen and oxygen atoms in total. The molecule has 1 heterocycles. The molecular weight excluding hydrogens is 368 g/mol. The van der Waals surface area contributed by atoms with E-state index in [1.165, 1.54) is 0 Å². The second kappa shape index (κ2) is 7.99. The second-order valence-corrected chi connectivity index (χ2v) is 8.59. The minimum atomic E-state index is -3.64. The van der Waals surface area contributed by atoms with Gasteiger partial charge in [-0.1, -0.05) is 30.3 Å². The molecule has 0 fully saturated rings. The highest BCUT2D eigenvalue weighted by molar-refractivity contribution is 7.89. The summed E-state index contributed by atoms with van der Waals surface area (Å²) in [4.78, 5) is 14.0. The summed E-state index contributed by atoms with van der Waals surface area (Å²) in [6, 6.07) is 14.6. The average Bonchev–Trinajstić information content (AvgIpc) is 3.14. The fourth-order valence-corrected chi connectivity index (χ4v) is 4.37. The number of amides is 1. The van der Waals surface area contributed by atoms with E-state index in [-0.39, 0.29) is 23.8 Å². The second-order valence-electron chi connectivity index (χ2n) is 6.04. The van der Waals surface area contributed by atoms with Crippen molar-refractivity contribution < 1.29 is 13.2 Å². The SMILES string of the molecule is CN(Cc1ccsc1)C(=O)CCNS(=O)(=O)c1ccc2ccccc2c1. The number of fused-ring (bicyclic) bond motifs is 1. The monoisotopic (exact) mass is 388 g/mol. The fourth-order valence-electron chi connectivity index (χ4n) is 2.65. The topological polar surface area (TPSA) is 66.5 Å². The number of nitrogens with zero attached hydrogens (tertiary/aromatic N) is 1. The van der Waals surface area contributed by atoms with Crippen molar-refractivity contribution in [1.29, 1.82) is 0 Å². The number of carbonyl (C=O) groups excluding carboxylic acids is 1. The van der Waals surface area contributed by atoms with Gasteiger partial charge < -0.3 is 4.90 Å². The van der Waals surface area contributed by atoms with E-state index < -0.39 is 10.0 Å². The molecule has 1 amide bonds. The molecule has 136 valence electrons. The molecule has 1 N–H and O–H groups in total. The largest absolute Gasteiger partial charge is 0.341 e. The van der Waals surface area contributed by atoms with Crippen LogP contribution in [0.3, 0.4) is 0 Å².